The van der Waals surface area contributed by atoms with E-state index in [2.05, 4.69) is 54.2 Å². The van der Waals surface area contributed by atoms with E-state index in [0.29, 0.717) is 5.92 Å². The van der Waals surface area contributed by atoms with Crippen molar-refractivity contribution < 1.29 is 0 Å². The van der Waals surface area contributed by atoms with Gasteiger partial charge in [0.25, 0.3) is 0 Å². The van der Waals surface area contributed by atoms with Gasteiger partial charge < -0.3 is 0 Å². The topological polar surface area (TPSA) is 49.6 Å². The third-order valence-electron chi connectivity index (χ3n) is 7.60. The van der Waals surface area contributed by atoms with Gasteiger partial charge in [0.15, 0.2) is 5.82 Å². The number of hydrogen-bond donors (Lipinski definition) is 0. The van der Waals surface area contributed by atoms with Crippen LogP contribution in [0.2, 0.25) is 0 Å². The second-order valence-corrected chi connectivity index (χ2v) is 10.2. The van der Waals surface area contributed by atoms with Gasteiger partial charge in [0.2, 0.25) is 0 Å². The van der Waals surface area contributed by atoms with Crippen LogP contribution in [-0.4, -0.2) is 9.97 Å². The van der Waals surface area contributed by atoms with Crippen molar-refractivity contribution in [1.82, 2.24) is 9.97 Å². The lowest BCUT2D eigenvalue weighted by molar-refractivity contribution is 0.223. The van der Waals surface area contributed by atoms with Crippen molar-refractivity contribution >= 4 is 0 Å². The highest BCUT2D eigenvalue weighted by Gasteiger charge is 2.35. The quantitative estimate of drug-likeness (QED) is 0.289. The molecule has 0 amide bonds. The van der Waals surface area contributed by atoms with E-state index in [-0.39, 0.29) is 5.41 Å². The van der Waals surface area contributed by atoms with Gasteiger partial charge in [-0.2, -0.15) is 5.26 Å². The highest BCUT2D eigenvalue weighted by atomic mass is 14.9. The molecule has 1 saturated carbocycles. The summed E-state index contributed by atoms with van der Waals surface area (Å²) in [5, 5.41) is 9.92. The summed E-state index contributed by atoms with van der Waals surface area (Å²) >= 11 is 0. The lowest BCUT2D eigenvalue weighted by Crippen LogP contribution is -2.25. The number of rotatable bonds is 13. The monoisotopic (exact) mass is 445 g/mol. The zero-order valence-electron chi connectivity index (χ0n) is 21.0. The highest BCUT2D eigenvalue weighted by Crippen LogP contribution is 2.45. The van der Waals surface area contributed by atoms with Crippen LogP contribution in [0.3, 0.4) is 0 Å². The second kappa shape index (κ2) is 13.5. The van der Waals surface area contributed by atoms with Gasteiger partial charge in [-0.05, 0) is 62.0 Å². The van der Waals surface area contributed by atoms with E-state index >= 15 is 0 Å². The second-order valence-electron chi connectivity index (χ2n) is 10.2. The summed E-state index contributed by atoms with van der Waals surface area (Å²) in [7, 11) is 0. The molecule has 3 rings (SSSR count). The molecule has 0 N–H and O–H groups in total. The number of hydrogen-bond acceptors (Lipinski definition) is 3. The maximum Gasteiger partial charge on any atom is 0.159 e. The molecule has 33 heavy (non-hydrogen) atoms. The minimum Gasteiger partial charge on any atom is -0.236 e. The number of aromatic nitrogens is 2. The molecule has 1 aromatic heterocycles. The summed E-state index contributed by atoms with van der Waals surface area (Å²) < 4.78 is 0. The van der Waals surface area contributed by atoms with Crippen molar-refractivity contribution in [1.29, 1.82) is 5.26 Å². The van der Waals surface area contributed by atoms with Crippen molar-refractivity contribution in [3.05, 3.63) is 47.8 Å². The maximum absolute atomic E-state index is 9.92. The smallest absolute Gasteiger partial charge is 0.159 e. The predicted molar refractivity (Wildman–Crippen MR) is 138 cm³/mol. The fourth-order valence-electron chi connectivity index (χ4n) is 5.28. The summed E-state index contributed by atoms with van der Waals surface area (Å²) in [5.74, 6) is 1.39. The van der Waals surface area contributed by atoms with Crippen molar-refractivity contribution in [2.45, 2.75) is 116 Å². The molecule has 0 atom stereocenters. The number of nitrogens with zero attached hydrogens (tertiary/aromatic N) is 3. The Kier molecular flexibility index (Phi) is 10.4. The Bertz CT molecular complexity index is 840. The van der Waals surface area contributed by atoms with Gasteiger partial charge >= 0.3 is 0 Å². The fraction of sp³-hybridized carbons (Fsp3) is 0.633. The zero-order valence-corrected chi connectivity index (χ0v) is 21.0. The molecule has 3 nitrogen and oxygen atoms in total. The predicted octanol–water partition coefficient (Wildman–Crippen LogP) is 8.79. The fourth-order valence-corrected chi connectivity index (χ4v) is 5.28. The van der Waals surface area contributed by atoms with Crippen molar-refractivity contribution in [3.8, 4) is 17.5 Å². The molecule has 1 aliphatic carbocycles. The Morgan fingerprint density at radius 3 is 2.09 bits per heavy atom. The molecule has 0 radical (unpaired) electrons. The summed E-state index contributed by atoms with van der Waals surface area (Å²) in [6.07, 6.45) is 22.0. The standard InChI is InChI=1S/C30H43N3/c1-3-5-7-8-9-11-19-30(24-31)20-17-27(18-21-30)26-13-15-28(16-14-26)29-32-22-25(23-33-29)12-10-6-4-2/h13-16,22-23,27H,3-12,17-21H2,1-2H3. The Hall–Kier alpha value is -2.21. The maximum atomic E-state index is 9.92. The average molecular weight is 446 g/mol. The SMILES string of the molecule is CCCCCCCCC1(C#N)CCC(c2ccc(-c3ncc(CCCCC)cn3)cc2)CC1. The van der Waals surface area contributed by atoms with E-state index < -0.39 is 0 Å². The molecular weight excluding hydrogens is 402 g/mol. The van der Waals surface area contributed by atoms with E-state index in [9.17, 15) is 5.26 Å². The molecule has 1 aromatic carbocycles. The molecule has 0 aliphatic heterocycles. The van der Waals surface area contributed by atoms with Crippen LogP contribution >= 0.6 is 0 Å². The number of unbranched alkanes of at least 4 members (excludes halogenated alkanes) is 7. The van der Waals surface area contributed by atoms with Gasteiger partial charge in [-0.15, -0.1) is 0 Å². The first-order valence-electron chi connectivity index (χ1n) is 13.5. The molecule has 3 heteroatoms. The summed E-state index contributed by atoms with van der Waals surface area (Å²) in [6.45, 7) is 4.49. The lowest BCUT2D eigenvalue weighted by Gasteiger charge is -2.35. The first-order chi connectivity index (χ1) is 16.2. The number of nitriles is 1. The van der Waals surface area contributed by atoms with Gasteiger partial charge in [-0.3, -0.25) is 0 Å². The normalized spacial score (nSPS) is 20.5. The van der Waals surface area contributed by atoms with Crippen LogP contribution in [0.15, 0.2) is 36.7 Å². The van der Waals surface area contributed by atoms with Crippen LogP contribution in [0.4, 0.5) is 0 Å². The first kappa shape index (κ1) is 25.4. The highest BCUT2D eigenvalue weighted by molar-refractivity contribution is 5.55. The molecule has 0 bridgehead atoms. The van der Waals surface area contributed by atoms with Gasteiger partial charge in [0.05, 0.1) is 11.5 Å². The van der Waals surface area contributed by atoms with Gasteiger partial charge in [0.1, 0.15) is 0 Å². The molecule has 1 heterocycles. The Labute approximate surface area is 202 Å². The van der Waals surface area contributed by atoms with Crippen LogP contribution < -0.4 is 0 Å². The van der Waals surface area contributed by atoms with Gasteiger partial charge in [-0.1, -0.05) is 89.5 Å². The van der Waals surface area contributed by atoms with E-state index in [0.717, 1.165) is 49.9 Å². The summed E-state index contributed by atoms with van der Waals surface area (Å²) in [6, 6.07) is 11.6. The molecular formula is C30H43N3. The van der Waals surface area contributed by atoms with E-state index in [1.165, 1.54) is 68.9 Å². The van der Waals surface area contributed by atoms with Crippen LogP contribution in [0.5, 0.6) is 0 Å². The molecule has 0 spiro atoms. The summed E-state index contributed by atoms with van der Waals surface area (Å²) in [5.41, 5.74) is 3.64. The molecule has 0 saturated heterocycles. The van der Waals surface area contributed by atoms with E-state index in [4.69, 9.17) is 0 Å². The van der Waals surface area contributed by atoms with Crippen LogP contribution in [-0.2, 0) is 6.42 Å². The van der Waals surface area contributed by atoms with Crippen molar-refractivity contribution in [2.24, 2.45) is 5.41 Å². The lowest BCUT2D eigenvalue weighted by atomic mass is 9.67. The average Bonchev–Trinajstić information content (AvgIpc) is 2.87. The van der Waals surface area contributed by atoms with Crippen molar-refractivity contribution in [2.75, 3.05) is 0 Å². The van der Waals surface area contributed by atoms with Gasteiger partial charge in [0, 0.05) is 18.0 Å². The van der Waals surface area contributed by atoms with E-state index in [1.54, 1.807) is 0 Å². The number of benzene rings is 1. The Balaban J connectivity index is 1.49. The Morgan fingerprint density at radius 2 is 1.45 bits per heavy atom. The van der Waals surface area contributed by atoms with E-state index in [1.807, 2.05) is 12.4 Å². The molecule has 1 aliphatic rings. The van der Waals surface area contributed by atoms with Crippen LogP contribution in [0, 0.1) is 16.7 Å². The largest absolute Gasteiger partial charge is 0.236 e. The zero-order chi connectivity index (χ0) is 23.4. The van der Waals surface area contributed by atoms with Gasteiger partial charge in [-0.25, -0.2) is 9.97 Å². The van der Waals surface area contributed by atoms with Crippen LogP contribution in [0.25, 0.3) is 11.4 Å². The minimum atomic E-state index is -0.0755. The molecule has 0 unspecified atom stereocenters. The molecule has 1 fully saturated rings. The minimum absolute atomic E-state index is 0.0755. The van der Waals surface area contributed by atoms with Crippen LogP contribution in [0.1, 0.15) is 121 Å². The van der Waals surface area contributed by atoms with Crippen molar-refractivity contribution in [3.63, 3.8) is 0 Å². The first-order valence-corrected chi connectivity index (χ1v) is 13.5. The summed E-state index contributed by atoms with van der Waals surface area (Å²) in [4.78, 5) is 9.21. The number of aryl methyl sites for hydroxylation is 1. The molecule has 2 aromatic rings. The third kappa shape index (κ3) is 7.66. The molecule has 178 valence electrons. The Morgan fingerprint density at radius 1 is 0.848 bits per heavy atom. The third-order valence-corrected chi connectivity index (χ3v) is 7.60.